The van der Waals surface area contributed by atoms with Crippen LogP contribution in [0.25, 0.3) is 0 Å². The molecule has 0 bridgehead atoms. The van der Waals surface area contributed by atoms with Crippen LogP contribution in [-0.2, 0) is 0 Å². The highest BCUT2D eigenvalue weighted by Gasteiger charge is 2.15. The fourth-order valence-corrected chi connectivity index (χ4v) is 1.18. The summed E-state index contributed by atoms with van der Waals surface area (Å²) in [4.78, 5) is 0. The smallest absolute Gasteiger partial charge is 0.00490 e. The Morgan fingerprint density at radius 1 is 1.08 bits per heavy atom. The summed E-state index contributed by atoms with van der Waals surface area (Å²) in [5, 5.41) is 0. The van der Waals surface area contributed by atoms with Crippen LogP contribution < -0.4 is 5.73 Å². The Kier molecular flexibility index (Phi) is 4.84. The second-order valence-corrected chi connectivity index (χ2v) is 5.29. The summed E-state index contributed by atoms with van der Waals surface area (Å²) in [5.41, 5.74) is 6.09. The van der Waals surface area contributed by atoms with Gasteiger partial charge in [0.1, 0.15) is 0 Å². The van der Waals surface area contributed by atoms with Gasteiger partial charge in [0, 0.05) is 0 Å². The van der Waals surface area contributed by atoms with Crippen molar-refractivity contribution in [2.75, 3.05) is 6.54 Å². The van der Waals surface area contributed by atoms with Crippen LogP contribution in [-0.4, -0.2) is 6.54 Å². The molecule has 2 unspecified atom stereocenters. The third-order valence-electron chi connectivity index (χ3n) is 2.69. The molecule has 0 aromatic carbocycles. The van der Waals surface area contributed by atoms with Crippen molar-refractivity contribution in [1.29, 1.82) is 0 Å². The van der Waals surface area contributed by atoms with Gasteiger partial charge in [0.25, 0.3) is 0 Å². The third-order valence-corrected chi connectivity index (χ3v) is 2.69. The fourth-order valence-electron chi connectivity index (χ4n) is 1.18. The first-order chi connectivity index (χ1) is 5.37. The molecule has 0 aliphatic heterocycles. The van der Waals surface area contributed by atoms with Crippen LogP contribution in [0.15, 0.2) is 0 Å². The summed E-state index contributed by atoms with van der Waals surface area (Å²) in [6, 6.07) is 0. The molecule has 0 radical (unpaired) electrons. The first-order valence-corrected chi connectivity index (χ1v) is 5.07. The van der Waals surface area contributed by atoms with Gasteiger partial charge in [-0.1, -0.05) is 34.6 Å². The normalized spacial score (nSPS) is 17.5. The molecule has 0 saturated carbocycles. The zero-order valence-corrected chi connectivity index (χ0v) is 9.35. The summed E-state index contributed by atoms with van der Waals surface area (Å²) < 4.78 is 0. The molecule has 0 saturated heterocycles. The molecule has 0 rings (SSSR count). The van der Waals surface area contributed by atoms with E-state index in [0.717, 1.165) is 12.5 Å². The number of hydrogen-bond acceptors (Lipinski definition) is 1. The van der Waals surface area contributed by atoms with Gasteiger partial charge >= 0.3 is 0 Å². The second-order valence-electron chi connectivity index (χ2n) is 5.29. The van der Waals surface area contributed by atoms with E-state index in [1.54, 1.807) is 0 Å². The summed E-state index contributed by atoms with van der Waals surface area (Å²) in [7, 11) is 0. The molecular weight excluding hydrogens is 146 g/mol. The molecule has 74 valence electrons. The van der Waals surface area contributed by atoms with Crippen molar-refractivity contribution in [2.45, 2.75) is 47.5 Å². The van der Waals surface area contributed by atoms with E-state index in [2.05, 4.69) is 34.6 Å². The molecule has 1 nitrogen and oxygen atoms in total. The van der Waals surface area contributed by atoms with Gasteiger partial charge in [0.2, 0.25) is 0 Å². The lowest BCUT2D eigenvalue weighted by Crippen LogP contribution is -2.20. The number of hydrogen-bond donors (Lipinski definition) is 1. The van der Waals surface area contributed by atoms with Crippen molar-refractivity contribution >= 4 is 0 Å². The van der Waals surface area contributed by atoms with E-state index in [1.807, 2.05) is 0 Å². The molecule has 2 atom stereocenters. The summed E-state index contributed by atoms with van der Waals surface area (Å²) >= 11 is 0. The maximum absolute atomic E-state index is 5.61. The van der Waals surface area contributed by atoms with E-state index >= 15 is 0 Å². The monoisotopic (exact) mass is 171 g/mol. The number of rotatable bonds is 4. The molecule has 0 amide bonds. The van der Waals surface area contributed by atoms with Gasteiger partial charge in [-0.3, -0.25) is 0 Å². The Balaban J connectivity index is 3.64. The largest absolute Gasteiger partial charge is 0.330 e. The Labute approximate surface area is 77.7 Å². The number of nitrogens with two attached hydrogens (primary N) is 1. The van der Waals surface area contributed by atoms with Gasteiger partial charge in [0.15, 0.2) is 0 Å². The van der Waals surface area contributed by atoms with E-state index < -0.39 is 0 Å². The average Bonchev–Trinajstić information content (AvgIpc) is 1.97. The van der Waals surface area contributed by atoms with Crippen LogP contribution in [0.4, 0.5) is 0 Å². The van der Waals surface area contributed by atoms with E-state index in [-0.39, 0.29) is 0 Å². The summed E-state index contributed by atoms with van der Waals surface area (Å²) in [6.07, 6.45) is 2.61. The Morgan fingerprint density at radius 2 is 1.58 bits per heavy atom. The molecule has 0 spiro atoms. The van der Waals surface area contributed by atoms with Crippen LogP contribution in [0, 0.1) is 17.3 Å². The minimum absolute atomic E-state index is 0.475. The van der Waals surface area contributed by atoms with Gasteiger partial charge in [-0.05, 0) is 36.6 Å². The molecule has 2 N–H and O–H groups in total. The Bertz CT molecular complexity index is 113. The van der Waals surface area contributed by atoms with Crippen molar-refractivity contribution in [3.05, 3.63) is 0 Å². The highest BCUT2D eigenvalue weighted by atomic mass is 14.5. The first kappa shape index (κ1) is 12.0. The van der Waals surface area contributed by atoms with Crippen LogP contribution in [0.5, 0.6) is 0 Å². The van der Waals surface area contributed by atoms with Crippen molar-refractivity contribution in [1.82, 2.24) is 0 Å². The van der Waals surface area contributed by atoms with Crippen molar-refractivity contribution in [3.8, 4) is 0 Å². The second kappa shape index (κ2) is 4.86. The zero-order valence-electron chi connectivity index (χ0n) is 9.35. The van der Waals surface area contributed by atoms with Crippen LogP contribution in [0.3, 0.4) is 0 Å². The fraction of sp³-hybridized carbons (Fsp3) is 1.00. The van der Waals surface area contributed by atoms with Crippen molar-refractivity contribution in [3.63, 3.8) is 0 Å². The molecule has 12 heavy (non-hydrogen) atoms. The summed E-state index contributed by atoms with van der Waals surface area (Å²) in [6.45, 7) is 12.3. The first-order valence-electron chi connectivity index (χ1n) is 5.07. The van der Waals surface area contributed by atoms with E-state index in [9.17, 15) is 0 Å². The van der Waals surface area contributed by atoms with Crippen molar-refractivity contribution < 1.29 is 0 Å². The van der Waals surface area contributed by atoms with Gasteiger partial charge in [-0.2, -0.15) is 0 Å². The highest BCUT2D eigenvalue weighted by molar-refractivity contribution is 4.68. The minimum Gasteiger partial charge on any atom is -0.330 e. The molecule has 0 aromatic rings. The molecule has 0 aliphatic rings. The Hall–Kier alpha value is -0.0400. The average molecular weight is 171 g/mol. The predicted octanol–water partition coefficient (Wildman–Crippen LogP) is 3.04. The van der Waals surface area contributed by atoms with Gasteiger partial charge in [0.05, 0.1) is 0 Å². The SMILES string of the molecule is CC(CN)C(C)CCC(C)(C)C. The molecule has 0 heterocycles. The molecule has 0 fully saturated rings. The highest BCUT2D eigenvalue weighted by Crippen LogP contribution is 2.26. The van der Waals surface area contributed by atoms with E-state index in [0.29, 0.717) is 11.3 Å². The van der Waals surface area contributed by atoms with Crippen LogP contribution >= 0.6 is 0 Å². The van der Waals surface area contributed by atoms with Gasteiger partial charge in [-0.15, -0.1) is 0 Å². The van der Waals surface area contributed by atoms with E-state index in [1.165, 1.54) is 12.8 Å². The lowest BCUT2D eigenvalue weighted by molar-refractivity contribution is 0.287. The molecular formula is C11H25N. The quantitative estimate of drug-likeness (QED) is 0.691. The van der Waals surface area contributed by atoms with Gasteiger partial charge < -0.3 is 5.73 Å². The van der Waals surface area contributed by atoms with Gasteiger partial charge in [-0.25, -0.2) is 0 Å². The molecule has 0 aliphatic carbocycles. The minimum atomic E-state index is 0.475. The van der Waals surface area contributed by atoms with E-state index in [4.69, 9.17) is 5.73 Å². The molecule has 1 heteroatoms. The maximum atomic E-state index is 5.61. The van der Waals surface area contributed by atoms with Crippen LogP contribution in [0.2, 0.25) is 0 Å². The third kappa shape index (κ3) is 5.59. The predicted molar refractivity (Wildman–Crippen MR) is 56.1 cm³/mol. The summed E-state index contributed by atoms with van der Waals surface area (Å²) in [5.74, 6) is 1.45. The standard InChI is InChI=1S/C11H25N/c1-9(10(2)8-12)6-7-11(3,4)5/h9-10H,6-8,12H2,1-5H3. The topological polar surface area (TPSA) is 26.0 Å². The van der Waals surface area contributed by atoms with Crippen LogP contribution in [0.1, 0.15) is 47.5 Å². The lowest BCUT2D eigenvalue weighted by Gasteiger charge is -2.23. The Morgan fingerprint density at radius 3 is 1.92 bits per heavy atom. The zero-order chi connectivity index (χ0) is 9.78. The lowest BCUT2D eigenvalue weighted by atomic mass is 9.83. The maximum Gasteiger partial charge on any atom is -0.00490 e. The van der Waals surface area contributed by atoms with Crippen molar-refractivity contribution in [2.24, 2.45) is 23.0 Å². The molecule has 0 aromatic heterocycles.